The number of aryl methyl sites for hydroxylation is 1. The van der Waals surface area contributed by atoms with Crippen LogP contribution in [0.15, 0.2) is 44.0 Å². The third kappa shape index (κ3) is 2.37. The van der Waals surface area contributed by atoms with Crippen molar-refractivity contribution < 1.29 is 8.83 Å². The lowest BCUT2D eigenvalue weighted by Crippen LogP contribution is -1.89. The Morgan fingerprint density at radius 3 is 2.53 bits per heavy atom. The van der Waals surface area contributed by atoms with Gasteiger partial charge in [-0.1, -0.05) is 30.3 Å². The van der Waals surface area contributed by atoms with E-state index in [-0.39, 0.29) is 0 Å². The molecule has 0 amide bonds. The summed E-state index contributed by atoms with van der Waals surface area (Å²) in [5.74, 6) is 0.395. The van der Waals surface area contributed by atoms with Gasteiger partial charge in [-0.3, -0.25) is 0 Å². The van der Waals surface area contributed by atoms with Crippen LogP contribution in [0, 0.1) is 13.3 Å². The Kier molecular flexibility index (Phi) is 2.72. The van der Waals surface area contributed by atoms with E-state index in [9.17, 15) is 4.79 Å². The molecule has 0 saturated heterocycles. The minimum atomic E-state index is -0.646. The summed E-state index contributed by atoms with van der Waals surface area (Å²) >= 11 is 0. The molecule has 0 aliphatic heterocycles. The first-order chi connectivity index (χ1) is 7.25. The number of rotatable bonds is 3. The molecule has 1 heterocycles. The fourth-order valence-electron chi connectivity index (χ4n) is 1.37. The van der Waals surface area contributed by atoms with Crippen LogP contribution in [0.2, 0.25) is 0 Å². The molecule has 1 radical (unpaired) electrons. The van der Waals surface area contributed by atoms with Crippen molar-refractivity contribution in [2.45, 2.75) is 13.3 Å². The van der Waals surface area contributed by atoms with Gasteiger partial charge in [0.25, 0.3) is 0 Å². The van der Waals surface area contributed by atoms with Gasteiger partial charge in [-0.2, -0.15) is 0 Å². The molecule has 2 rings (SSSR count). The third-order valence-electron chi connectivity index (χ3n) is 2.14. The zero-order valence-corrected chi connectivity index (χ0v) is 8.40. The molecule has 1 aromatic carbocycles. The molecule has 0 saturated carbocycles. The molecular weight excluding hydrogens is 192 g/mol. The van der Waals surface area contributed by atoms with E-state index < -0.39 is 5.82 Å². The zero-order chi connectivity index (χ0) is 10.7. The Labute approximate surface area is 87.3 Å². The van der Waals surface area contributed by atoms with Gasteiger partial charge in [-0.15, -0.1) is 0 Å². The normalized spacial score (nSPS) is 10.5. The lowest BCUT2D eigenvalue weighted by atomic mass is 10.1. The van der Waals surface area contributed by atoms with E-state index in [4.69, 9.17) is 8.83 Å². The molecule has 15 heavy (non-hydrogen) atoms. The largest absolute Gasteiger partial charge is 0.519 e. The van der Waals surface area contributed by atoms with Gasteiger partial charge in [0.05, 0.1) is 0 Å². The molecule has 0 aliphatic carbocycles. The number of hydrogen-bond acceptors (Lipinski definition) is 3. The maximum absolute atomic E-state index is 10.8. The summed E-state index contributed by atoms with van der Waals surface area (Å²) in [6.45, 7) is 1.71. The second kappa shape index (κ2) is 4.17. The van der Waals surface area contributed by atoms with Crippen LogP contribution in [0.25, 0.3) is 0 Å². The molecular formula is C12H11O3. The first-order valence-electron chi connectivity index (χ1n) is 4.73. The highest BCUT2D eigenvalue weighted by atomic mass is 16.6. The Morgan fingerprint density at radius 2 is 1.93 bits per heavy atom. The van der Waals surface area contributed by atoms with Crippen LogP contribution in [-0.2, 0) is 6.42 Å². The van der Waals surface area contributed by atoms with Crippen LogP contribution in [0.4, 0.5) is 0 Å². The van der Waals surface area contributed by atoms with Gasteiger partial charge in [0, 0.05) is 6.42 Å². The predicted molar refractivity (Wildman–Crippen MR) is 55.5 cm³/mol. The van der Waals surface area contributed by atoms with E-state index in [1.165, 1.54) is 5.56 Å². The fraction of sp³-hybridized carbons (Fsp3) is 0.167. The summed E-state index contributed by atoms with van der Waals surface area (Å²) in [5.41, 5.74) is 1.17. The molecule has 2 aromatic rings. The average Bonchev–Trinajstić information content (AvgIpc) is 2.56. The van der Waals surface area contributed by atoms with Crippen molar-refractivity contribution in [2.24, 2.45) is 0 Å². The highest BCUT2D eigenvalue weighted by Gasteiger charge is 2.08. The predicted octanol–water partition coefficient (Wildman–Crippen LogP) is 2.34. The van der Waals surface area contributed by atoms with Gasteiger partial charge >= 0.3 is 5.82 Å². The summed E-state index contributed by atoms with van der Waals surface area (Å²) < 4.78 is 9.61. The lowest BCUT2D eigenvalue weighted by molar-refractivity contribution is 0.374. The molecule has 0 N–H and O–H groups in total. The second-order valence-electron chi connectivity index (χ2n) is 3.27. The van der Waals surface area contributed by atoms with Crippen LogP contribution in [0.1, 0.15) is 17.1 Å². The lowest BCUT2D eigenvalue weighted by Gasteiger charge is -1.97. The Bertz CT molecular complexity index is 479. The Hall–Kier alpha value is -1.77. The topological polar surface area (TPSA) is 43.4 Å². The maximum Gasteiger partial charge on any atom is 0.519 e. The van der Waals surface area contributed by atoms with Crippen molar-refractivity contribution >= 4 is 0 Å². The smallest absolute Gasteiger partial charge is 0.396 e. The van der Waals surface area contributed by atoms with Gasteiger partial charge in [0.2, 0.25) is 0 Å². The summed E-state index contributed by atoms with van der Waals surface area (Å²) in [4.78, 5) is 10.8. The SMILES string of the molecule is Cc1oc(=O)oc1[CH]Cc1ccccc1. The molecule has 0 unspecified atom stereocenters. The van der Waals surface area contributed by atoms with Crippen molar-refractivity contribution in [1.82, 2.24) is 0 Å². The Morgan fingerprint density at radius 1 is 1.20 bits per heavy atom. The van der Waals surface area contributed by atoms with Gasteiger partial charge in [0.1, 0.15) is 5.76 Å². The van der Waals surface area contributed by atoms with Crippen molar-refractivity contribution in [2.75, 3.05) is 0 Å². The van der Waals surface area contributed by atoms with Crippen molar-refractivity contribution in [1.29, 1.82) is 0 Å². The van der Waals surface area contributed by atoms with Crippen molar-refractivity contribution in [3.8, 4) is 0 Å². The van der Waals surface area contributed by atoms with Crippen LogP contribution in [0.5, 0.6) is 0 Å². The second-order valence-corrected chi connectivity index (χ2v) is 3.27. The quantitative estimate of drug-likeness (QED) is 0.768. The van der Waals surface area contributed by atoms with Crippen LogP contribution in [0.3, 0.4) is 0 Å². The average molecular weight is 203 g/mol. The van der Waals surface area contributed by atoms with E-state index >= 15 is 0 Å². The minimum absolute atomic E-state index is 0.517. The molecule has 3 nitrogen and oxygen atoms in total. The number of benzene rings is 1. The summed E-state index contributed by atoms with van der Waals surface area (Å²) in [6.07, 6.45) is 2.57. The van der Waals surface area contributed by atoms with E-state index in [1.807, 2.05) is 36.8 Å². The molecule has 0 fully saturated rings. The monoisotopic (exact) mass is 203 g/mol. The van der Waals surface area contributed by atoms with Gasteiger partial charge in [-0.05, 0) is 18.9 Å². The molecule has 0 bridgehead atoms. The van der Waals surface area contributed by atoms with Gasteiger partial charge in [-0.25, -0.2) is 4.79 Å². The molecule has 0 atom stereocenters. The summed E-state index contributed by atoms with van der Waals surface area (Å²) in [5, 5.41) is 0. The molecule has 77 valence electrons. The third-order valence-corrected chi connectivity index (χ3v) is 2.14. The van der Waals surface area contributed by atoms with E-state index in [1.54, 1.807) is 6.92 Å². The maximum atomic E-state index is 10.8. The summed E-state index contributed by atoms with van der Waals surface area (Å²) in [6, 6.07) is 9.95. The van der Waals surface area contributed by atoms with Gasteiger partial charge < -0.3 is 8.83 Å². The van der Waals surface area contributed by atoms with Crippen LogP contribution in [-0.4, -0.2) is 0 Å². The van der Waals surface area contributed by atoms with E-state index in [0.717, 1.165) is 6.42 Å². The van der Waals surface area contributed by atoms with Crippen molar-refractivity contribution in [3.05, 3.63) is 64.5 Å². The molecule has 0 aliphatic rings. The Balaban J connectivity index is 2.05. The molecule has 3 heteroatoms. The summed E-state index contributed by atoms with van der Waals surface area (Å²) in [7, 11) is 0. The van der Waals surface area contributed by atoms with Gasteiger partial charge in [0.15, 0.2) is 5.76 Å². The first kappa shape index (κ1) is 9.77. The van der Waals surface area contributed by atoms with Crippen molar-refractivity contribution in [3.63, 3.8) is 0 Å². The molecule has 0 spiro atoms. The van der Waals surface area contributed by atoms with Crippen LogP contribution < -0.4 is 5.82 Å². The highest BCUT2D eigenvalue weighted by molar-refractivity contribution is 5.21. The molecule has 1 aromatic heterocycles. The highest BCUT2D eigenvalue weighted by Crippen LogP contribution is 2.11. The fourth-order valence-corrected chi connectivity index (χ4v) is 1.37. The first-order valence-corrected chi connectivity index (χ1v) is 4.73. The van der Waals surface area contributed by atoms with E-state index in [0.29, 0.717) is 11.5 Å². The van der Waals surface area contributed by atoms with Crippen LogP contribution >= 0.6 is 0 Å². The standard InChI is InChI=1S/C12H11O3/c1-9-11(15-12(13)14-9)8-7-10-5-3-2-4-6-10/h2-6,8H,7H2,1H3. The number of hydrogen-bond donors (Lipinski definition) is 0. The van der Waals surface area contributed by atoms with E-state index in [2.05, 4.69) is 0 Å². The zero-order valence-electron chi connectivity index (χ0n) is 8.40. The minimum Gasteiger partial charge on any atom is -0.396 e.